The standard InChI is InChI=1S/C18H21N3O/c1-20-14-15(13-19-20)5-10-18(22)16-6-8-17(9-7-16)21-11-3-2-4-12-21/h5-10,13-14H,2-4,11-12H2,1H3/b10-5+. The van der Waals surface area contributed by atoms with Crippen molar-refractivity contribution >= 4 is 17.5 Å². The Kier molecular flexibility index (Phi) is 4.37. The van der Waals surface area contributed by atoms with Gasteiger partial charge in [-0.15, -0.1) is 0 Å². The fourth-order valence-corrected chi connectivity index (χ4v) is 2.78. The van der Waals surface area contributed by atoms with Crippen molar-refractivity contribution in [3.63, 3.8) is 0 Å². The van der Waals surface area contributed by atoms with Gasteiger partial charge in [-0.05, 0) is 55.7 Å². The highest BCUT2D eigenvalue weighted by Crippen LogP contribution is 2.20. The molecule has 1 saturated heterocycles. The maximum absolute atomic E-state index is 12.2. The summed E-state index contributed by atoms with van der Waals surface area (Å²) in [6, 6.07) is 7.94. The number of piperidine rings is 1. The Morgan fingerprint density at radius 3 is 2.50 bits per heavy atom. The number of anilines is 1. The zero-order valence-electron chi connectivity index (χ0n) is 12.9. The van der Waals surface area contributed by atoms with E-state index in [1.54, 1.807) is 23.0 Å². The van der Waals surface area contributed by atoms with Crippen LogP contribution in [0.1, 0.15) is 35.2 Å². The van der Waals surface area contributed by atoms with Gasteiger partial charge in [-0.3, -0.25) is 9.48 Å². The lowest BCUT2D eigenvalue weighted by Crippen LogP contribution is -2.29. The maximum Gasteiger partial charge on any atom is 0.185 e. The van der Waals surface area contributed by atoms with Crippen LogP contribution in [0.3, 0.4) is 0 Å². The molecule has 114 valence electrons. The molecule has 0 bridgehead atoms. The van der Waals surface area contributed by atoms with Crippen molar-refractivity contribution in [2.75, 3.05) is 18.0 Å². The summed E-state index contributed by atoms with van der Waals surface area (Å²) in [7, 11) is 1.86. The highest BCUT2D eigenvalue weighted by Gasteiger charge is 2.11. The van der Waals surface area contributed by atoms with Crippen molar-refractivity contribution in [3.8, 4) is 0 Å². The highest BCUT2D eigenvalue weighted by molar-refractivity contribution is 6.06. The Balaban J connectivity index is 1.66. The van der Waals surface area contributed by atoms with Gasteiger partial charge in [-0.2, -0.15) is 5.10 Å². The first-order valence-corrected chi connectivity index (χ1v) is 7.78. The Bertz CT molecular complexity index is 664. The van der Waals surface area contributed by atoms with E-state index in [9.17, 15) is 4.79 Å². The smallest absolute Gasteiger partial charge is 0.185 e. The summed E-state index contributed by atoms with van der Waals surface area (Å²) < 4.78 is 1.72. The fourth-order valence-electron chi connectivity index (χ4n) is 2.78. The average molecular weight is 295 g/mol. The minimum absolute atomic E-state index is 0.0223. The van der Waals surface area contributed by atoms with Crippen LogP contribution in [0.5, 0.6) is 0 Å². The number of hydrogen-bond donors (Lipinski definition) is 0. The predicted molar refractivity (Wildman–Crippen MR) is 89.1 cm³/mol. The molecule has 0 spiro atoms. The summed E-state index contributed by atoms with van der Waals surface area (Å²) in [6.07, 6.45) is 10.9. The number of ketones is 1. The molecule has 1 aliphatic rings. The van der Waals surface area contributed by atoms with E-state index in [4.69, 9.17) is 0 Å². The van der Waals surface area contributed by atoms with E-state index in [1.807, 2.05) is 25.4 Å². The molecule has 22 heavy (non-hydrogen) atoms. The number of benzene rings is 1. The molecule has 0 atom stereocenters. The second-order valence-electron chi connectivity index (χ2n) is 5.74. The molecule has 3 rings (SSSR count). The Hall–Kier alpha value is -2.36. The number of aromatic nitrogens is 2. The summed E-state index contributed by atoms with van der Waals surface area (Å²) in [4.78, 5) is 14.6. The summed E-state index contributed by atoms with van der Waals surface area (Å²) in [5.41, 5.74) is 2.87. The Morgan fingerprint density at radius 1 is 1.14 bits per heavy atom. The van der Waals surface area contributed by atoms with Gasteiger partial charge in [0.2, 0.25) is 0 Å². The van der Waals surface area contributed by atoms with Crippen molar-refractivity contribution in [2.24, 2.45) is 7.05 Å². The molecule has 0 radical (unpaired) electrons. The summed E-state index contributed by atoms with van der Waals surface area (Å²) in [6.45, 7) is 2.24. The summed E-state index contributed by atoms with van der Waals surface area (Å²) in [5.74, 6) is 0.0223. The number of nitrogens with zero attached hydrogens (tertiary/aromatic N) is 3. The summed E-state index contributed by atoms with van der Waals surface area (Å²) in [5, 5.41) is 4.08. The predicted octanol–water partition coefficient (Wildman–Crippen LogP) is 3.31. The molecular weight excluding hydrogens is 274 g/mol. The second kappa shape index (κ2) is 6.60. The third-order valence-electron chi connectivity index (χ3n) is 4.03. The second-order valence-corrected chi connectivity index (χ2v) is 5.74. The van der Waals surface area contributed by atoms with Crippen LogP contribution in [0.25, 0.3) is 6.08 Å². The van der Waals surface area contributed by atoms with E-state index in [-0.39, 0.29) is 5.78 Å². The van der Waals surface area contributed by atoms with Crippen molar-refractivity contribution in [3.05, 3.63) is 53.9 Å². The molecule has 0 unspecified atom stereocenters. The largest absolute Gasteiger partial charge is 0.372 e. The van der Waals surface area contributed by atoms with E-state index in [2.05, 4.69) is 22.1 Å². The van der Waals surface area contributed by atoms with Crippen LogP contribution in [-0.4, -0.2) is 28.7 Å². The van der Waals surface area contributed by atoms with E-state index in [0.717, 1.165) is 24.2 Å². The molecule has 0 aliphatic carbocycles. The minimum Gasteiger partial charge on any atom is -0.372 e. The zero-order valence-corrected chi connectivity index (χ0v) is 12.9. The first-order chi connectivity index (χ1) is 10.7. The molecule has 2 heterocycles. The molecule has 4 nitrogen and oxygen atoms in total. The fraction of sp³-hybridized carbons (Fsp3) is 0.333. The van der Waals surface area contributed by atoms with Gasteiger partial charge in [0.05, 0.1) is 6.20 Å². The number of rotatable bonds is 4. The normalized spacial score (nSPS) is 15.4. The molecule has 4 heteroatoms. The summed E-state index contributed by atoms with van der Waals surface area (Å²) >= 11 is 0. The van der Waals surface area contributed by atoms with Gasteiger partial charge < -0.3 is 4.90 Å². The van der Waals surface area contributed by atoms with Gasteiger partial charge in [0.1, 0.15) is 0 Å². The monoisotopic (exact) mass is 295 g/mol. The number of hydrogen-bond acceptors (Lipinski definition) is 3. The lowest BCUT2D eigenvalue weighted by Gasteiger charge is -2.28. The molecule has 2 aromatic rings. The number of allylic oxidation sites excluding steroid dienone is 1. The van der Waals surface area contributed by atoms with Gasteiger partial charge in [0, 0.05) is 43.1 Å². The lowest BCUT2D eigenvalue weighted by molar-refractivity contribution is 0.104. The zero-order chi connectivity index (χ0) is 15.4. The van der Waals surface area contributed by atoms with Crippen molar-refractivity contribution < 1.29 is 4.79 Å². The highest BCUT2D eigenvalue weighted by atomic mass is 16.1. The molecule has 0 saturated carbocycles. The van der Waals surface area contributed by atoms with Crippen LogP contribution >= 0.6 is 0 Å². The van der Waals surface area contributed by atoms with Gasteiger partial charge in [-0.25, -0.2) is 0 Å². The van der Waals surface area contributed by atoms with E-state index in [0.29, 0.717) is 0 Å². The first kappa shape index (κ1) is 14.6. The van der Waals surface area contributed by atoms with Crippen LogP contribution in [0.15, 0.2) is 42.7 Å². The molecule has 0 amide bonds. The van der Waals surface area contributed by atoms with E-state index in [1.165, 1.54) is 24.9 Å². The third kappa shape index (κ3) is 3.45. The number of carbonyl (C=O) groups excluding carboxylic acids is 1. The van der Waals surface area contributed by atoms with Crippen LogP contribution < -0.4 is 4.90 Å². The maximum atomic E-state index is 12.2. The van der Waals surface area contributed by atoms with Gasteiger partial charge in [0.15, 0.2) is 5.78 Å². The number of aryl methyl sites for hydroxylation is 1. The van der Waals surface area contributed by atoms with Gasteiger partial charge in [-0.1, -0.05) is 0 Å². The quantitative estimate of drug-likeness (QED) is 0.641. The Labute approximate surface area is 131 Å². The van der Waals surface area contributed by atoms with E-state index < -0.39 is 0 Å². The van der Waals surface area contributed by atoms with Crippen molar-refractivity contribution in [2.45, 2.75) is 19.3 Å². The van der Waals surface area contributed by atoms with Crippen LogP contribution in [0.2, 0.25) is 0 Å². The van der Waals surface area contributed by atoms with Crippen LogP contribution in [0.4, 0.5) is 5.69 Å². The molecular formula is C18H21N3O. The lowest BCUT2D eigenvalue weighted by atomic mass is 10.1. The minimum atomic E-state index is 0.0223. The molecule has 1 aromatic carbocycles. The molecule has 1 aromatic heterocycles. The molecule has 1 fully saturated rings. The Morgan fingerprint density at radius 2 is 1.86 bits per heavy atom. The van der Waals surface area contributed by atoms with E-state index >= 15 is 0 Å². The molecule has 0 N–H and O–H groups in total. The van der Waals surface area contributed by atoms with Crippen LogP contribution in [-0.2, 0) is 7.05 Å². The van der Waals surface area contributed by atoms with Crippen LogP contribution in [0, 0.1) is 0 Å². The van der Waals surface area contributed by atoms with Crippen molar-refractivity contribution in [1.82, 2.24) is 9.78 Å². The number of carbonyl (C=O) groups is 1. The average Bonchev–Trinajstić information content (AvgIpc) is 2.99. The molecule has 1 aliphatic heterocycles. The third-order valence-corrected chi connectivity index (χ3v) is 4.03. The topological polar surface area (TPSA) is 38.1 Å². The SMILES string of the molecule is Cn1cc(/C=C/C(=O)c2ccc(N3CCCCC3)cc2)cn1. The van der Waals surface area contributed by atoms with Crippen molar-refractivity contribution in [1.29, 1.82) is 0 Å². The van der Waals surface area contributed by atoms with Gasteiger partial charge >= 0.3 is 0 Å². The van der Waals surface area contributed by atoms with Gasteiger partial charge in [0.25, 0.3) is 0 Å². The first-order valence-electron chi connectivity index (χ1n) is 7.78.